The van der Waals surface area contributed by atoms with Gasteiger partial charge in [-0.15, -0.1) is 0 Å². The number of amides is 1. The fraction of sp³-hybridized carbons (Fsp3) is 0.591. The van der Waals surface area contributed by atoms with Gasteiger partial charge in [0.1, 0.15) is 11.6 Å². The number of halogens is 3. The average Bonchev–Trinajstić information content (AvgIpc) is 2.70. The van der Waals surface area contributed by atoms with Crippen LogP contribution in [0.5, 0.6) is 5.75 Å². The molecular weight excluding hydrogens is 423 g/mol. The monoisotopic (exact) mass is 455 g/mol. The number of methoxy groups -OCH3 is 1. The van der Waals surface area contributed by atoms with E-state index in [0.29, 0.717) is 42.1 Å². The highest BCUT2D eigenvalue weighted by atomic mass is 19.4. The number of aryl methyl sites for hydroxylation is 1. The minimum Gasteiger partial charge on any atom is -0.495 e. The maximum absolute atomic E-state index is 12.8. The van der Waals surface area contributed by atoms with Crippen LogP contribution in [-0.2, 0) is 0 Å². The number of aliphatic imine (C=N–C) groups is 1. The number of hydrogen-bond acceptors (Lipinski definition) is 5. The van der Waals surface area contributed by atoms with Gasteiger partial charge >= 0.3 is 6.18 Å². The van der Waals surface area contributed by atoms with Crippen molar-refractivity contribution in [3.05, 3.63) is 34.8 Å². The summed E-state index contributed by atoms with van der Waals surface area (Å²) >= 11 is 0. The molecule has 0 bridgehead atoms. The van der Waals surface area contributed by atoms with Crippen molar-refractivity contribution in [2.24, 2.45) is 28.3 Å². The summed E-state index contributed by atoms with van der Waals surface area (Å²) in [5, 5.41) is 2.82. The van der Waals surface area contributed by atoms with Gasteiger partial charge in [0.25, 0.3) is 5.91 Å². The number of pyridine rings is 1. The highest BCUT2D eigenvalue weighted by Crippen LogP contribution is 2.39. The topological polar surface area (TPSA) is 116 Å². The number of carbonyl (C=O) groups excluding carboxylic acids is 1. The van der Waals surface area contributed by atoms with E-state index < -0.39 is 24.0 Å². The zero-order chi connectivity index (χ0) is 24.1. The van der Waals surface area contributed by atoms with Crippen molar-refractivity contribution in [3.63, 3.8) is 0 Å². The number of nitrogens with zero attached hydrogens (tertiary/aromatic N) is 2. The molecule has 1 fully saturated rings. The third-order valence-electron chi connectivity index (χ3n) is 5.71. The molecule has 0 aliphatic heterocycles. The maximum Gasteiger partial charge on any atom is 0.391 e. The molecule has 10 heteroatoms. The molecule has 0 saturated heterocycles. The number of aromatic nitrogens is 1. The minimum atomic E-state index is -4.15. The maximum atomic E-state index is 12.8. The van der Waals surface area contributed by atoms with Crippen LogP contribution in [0.25, 0.3) is 0 Å². The molecule has 1 heterocycles. The van der Waals surface area contributed by atoms with Crippen LogP contribution in [0.3, 0.4) is 0 Å². The van der Waals surface area contributed by atoms with E-state index in [1.807, 2.05) is 0 Å². The van der Waals surface area contributed by atoms with E-state index in [0.717, 1.165) is 0 Å². The number of nitrogens with one attached hydrogen (secondary N) is 1. The van der Waals surface area contributed by atoms with E-state index in [4.69, 9.17) is 16.2 Å². The van der Waals surface area contributed by atoms with E-state index in [1.54, 1.807) is 20.8 Å². The second-order valence-electron chi connectivity index (χ2n) is 8.29. The van der Waals surface area contributed by atoms with Crippen LogP contribution >= 0.6 is 0 Å². The van der Waals surface area contributed by atoms with Gasteiger partial charge in [0, 0.05) is 29.7 Å². The predicted molar refractivity (Wildman–Crippen MR) is 117 cm³/mol. The van der Waals surface area contributed by atoms with Crippen molar-refractivity contribution in [2.75, 3.05) is 13.7 Å². The Labute approximate surface area is 186 Å². The van der Waals surface area contributed by atoms with Crippen molar-refractivity contribution in [1.29, 1.82) is 0 Å². The third kappa shape index (κ3) is 6.61. The first kappa shape index (κ1) is 25.5. The number of ether oxygens (including phenoxy) is 1. The van der Waals surface area contributed by atoms with Gasteiger partial charge in [-0.05, 0) is 58.4 Å². The van der Waals surface area contributed by atoms with E-state index in [-0.39, 0.29) is 30.2 Å². The van der Waals surface area contributed by atoms with Gasteiger partial charge in [0.15, 0.2) is 0 Å². The molecule has 1 aromatic rings. The SMILES string of the molecule is COc1c(C(=O)NCC2CCC(C(F)(F)F)CC2)cnc(C)c1C(C)N=C(N)/C=C(/C)N. The van der Waals surface area contributed by atoms with Crippen molar-refractivity contribution >= 4 is 11.7 Å². The summed E-state index contributed by atoms with van der Waals surface area (Å²) in [6.45, 7) is 5.59. The summed E-state index contributed by atoms with van der Waals surface area (Å²) in [5.74, 6) is -1.05. The number of nitrogens with two attached hydrogens (primary N) is 2. The zero-order valence-electron chi connectivity index (χ0n) is 18.9. The van der Waals surface area contributed by atoms with Gasteiger partial charge in [0.05, 0.1) is 24.6 Å². The number of allylic oxidation sites excluding steroid dienone is 1. The Morgan fingerprint density at radius 1 is 1.34 bits per heavy atom. The lowest BCUT2D eigenvalue weighted by Gasteiger charge is -2.30. The van der Waals surface area contributed by atoms with Crippen LogP contribution in [0.1, 0.15) is 67.2 Å². The van der Waals surface area contributed by atoms with Crippen LogP contribution in [-0.4, -0.2) is 36.6 Å². The summed E-state index contributed by atoms with van der Waals surface area (Å²) in [6.07, 6.45) is -0.134. The third-order valence-corrected chi connectivity index (χ3v) is 5.71. The second-order valence-corrected chi connectivity index (χ2v) is 8.29. The highest BCUT2D eigenvalue weighted by molar-refractivity contribution is 5.97. The van der Waals surface area contributed by atoms with Gasteiger partial charge in [0.2, 0.25) is 0 Å². The van der Waals surface area contributed by atoms with Crippen LogP contribution in [0, 0.1) is 18.8 Å². The molecule has 5 N–H and O–H groups in total. The fourth-order valence-corrected chi connectivity index (χ4v) is 4.06. The van der Waals surface area contributed by atoms with Gasteiger partial charge in [-0.3, -0.25) is 14.8 Å². The number of hydrogen-bond donors (Lipinski definition) is 3. The zero-order valence-corrected chi connectivity index (χ0v) is 18.9. The van der Waals surface area contributed by atoms with Crippen LogP contribution in [0.4, 0.5) is 13.2 Å². The van der Waals surface area contributed by atoms with Crippen molar-refractivity contribution < 1.29 is 22.7 Å². The van der Waals surface area contributed by atoms with Crippen molar-refractivity contribution in [2.45, 2.75) is 58.7 Å². The largest absolute Gasteiger partial charge is 0.495 e. The molecule has 1 atom stereocenters. The summed E-state index contributed by atoms with van der Waals surface area (Å²) < 4.78 is 44.1. The lowest BCUT2D eigenvalue weighted by atomic mass is 9.81. The molecule has 1 amide bonds. The Morgan fingerprint density at radius 2 is 1.97 bits per heavy atom. The van der Waals surface area contributed by atoms with Crippen LogP contribution < -0.4 is 21.5 Å². The standard InChI is InChI=1S/C22H32F3N5O2/c1-12(26)9-18(27)30-14(3)19-13(2)28-11-17(20(19)32-4)21(31)29-10-15-5-7-16(8-6-15)22(23,24)25/h9,11,14-16H,5-8,10,26H2,1-4H3,(H2,27,30)(H,29,31)/b12-9-. The Balaban J connectivity index is 2.14. The van der Waals surface area contributed by atoms with E-state index in [1.165, 1.54) is 19.4 Å². The first-order valence-corrected chi connectivity index (χ1v) is 10.6. The normalized spacial score (nSPS) is 21.2. The molecule has 0 spiro atoms. The van der Waals surface area contributed by atoms with Crippen molar-refractivity contribution in [1.82, 2.24) is 10.3 Å². The van der Waals surface area contributed by atoms with Crippen LogP contribution in [0.2, 0.25) is 0 Å². The molecule has 1 aliphatic rings. The van der Waals surface area contributed by atoms with E-state index in [2.05, 4.69) is 15.3 Å². The average molecular weight is 456 g/mol. The lowest BCUT2D eigenvalue weighted by molar-refractivity contribution is -0.183. The van der Waals surface area contributed by atoms with Gasteiger partial charge in [-0.1, -0.05) is 0 Å². The summed E-state index contributed by atoms with van der Waals surface area (Å²) in [4.78, 5) is 21.6. The highest BCUT2D eigenvalue weighted by Gasteiger charge is 2.41. The van der Waals surface area contributed by atoms with E-state index in [9.17, 15) is 18.0 Å². The number of rotatable bonds is 7. The summed E-state index contributed by atoms with van der Waals surface area (Å²) in [7, 11) is 1.46. The van der Waals surface area contributed by atoms with Gasteiger partial charge in [-0.25, -0.2) is 0 Å². The summed E-state index contributed by atoms with van der Waals surface area (Å²) in [6, 6.07) is -0.446. The molecule has 1 aliphatic carbocycles. The van der Waals surface area contributed by atoms with Crippen molar-refractivity contribution in [3.8, 4) is 5.75 Å². The van der Waals surface area contributed by atoms with Gasteiger partial charge in [-0.2, -0.15) is 13.2 Å². The predicted octanol–water partition coefficient (Wildman–Crippen LogP) is 3.78. The fourth-order valence-electron chi connectivity index (χ4n) is 4.06. The molecule has 32 heavy (non-hydrogen) atoms. The number of carbonyl (C=O) groups is 1. The Hall–Kier alpha value is -2.78. The Bertz CT molecular complexity index is 871. The number of alkyl halides is 3. The molecular formula is C22H32F3N5O2. The van der Waals surface area contributed by atoms with E-state index >= 15 is 0 Å². The lowest BCUT2D eigenvalue weighted by Crippen LogP contribution is -2.34. The first-order valence-electron chi connectivity index (χ1n) is 10.6. The molecule has 7 nitrogen and oxygen atoms in total. The molecule has 178 valence electrons. The number of amidine groups is 1. The Kier molecular flexibility index (Phi) is 8.51. The summed E-state index contributed by atoms with van der Waals surface area (Å²) in [5.41, 5.74) is 13.6. The quantitative estimate of drug-likeness (QED) is 0.427. The molecule has 0 aromatic carbocycles. The molecule has 0 radical (unpaired) electrons. The smallest absolute Gasteiger partial charge is 0.391 e. The molecule has 2 rings (SSSR count). The van der Waals surface area contributed by atoms with Crippen LogP contribution in [0.15, 0.2) is 23.0 Å². The second kappa shape index (κ2) is 10.7. The Morgan fingerprint density at radius 3 is 2.50 bits per heavy atom. The molecule has 1 saturated carbocycles. The van der Waals surface area contributed by atoms with Gasteiger partial charge < -0.3 is 21.5 Å². The molecule has 1 aromatic heterocycles. The minimum absolute atomic E-state index is 0.0102. The molecule has 1 unspecified atom stereocenters. The first-order chi connectivity index (χ1) is 14.9.